The minimum Gasteiger partial charge on any atom is -0.327 e. The van der Waals surface area contributed by atoms with Crippen molar-refractivity contribution in [3.05, 3.63) is 28.8 Å². The molecule has 1 rings (SSSR count). The van der Waals surface area contributed by atoms with Gasteiger partial charge in [-0.05, 0) is 50.6 Å². The average Bonchev–Trinajstić information content (AvgIpc) is 2.39. The first-order valence-electron chi connectivity index (χ1n) is 7.29. The summed E-state index contributed by atoms with van der Waals surface area (Å²) in [6.07, 6.45) is 0.887. The molecule has 1 atom stereocenters. The van der Waals surface area contributed by atoms with Gasteiger partial charge in [0.15, 0.2) is 0 Å². The Kier molecular flexibility index (Phi) is 7.15. The molecule has 1 unspecified atom stereocenters. The standard InChI is InChI=1S/C16H26ClN3O/c1-11(2)14(18)7-8-20(4)10-16(21)19-15-9-13(17)6-5-12(15)3/h5-6,9,11,14H,7-8,10,18H2,1-4H3,(H,19,21). The first kappa shape index (κ1) is 18.0. The normalized spacial score (nSPS) is 12.8. The highest BCUT2D eigenvalue weighted by Gasteiger charge is 2.12. The van der Waals surface area contributed by atoms with Crippen molar-refractivity contribution in [3.63, 3.8) is 0 Å². The molecule has 0 heterocycles. The average molecular weight is 312 g/mol. The van der Waals surface area contributed by atoms with E-state index < -0.39 is 0 Å². The monoisotopic (exact) mass is 311 g/mol. The molecule has 0 bridgehead atoms. The number of nitrogens with one attached hydrogen (secondary N) is 1. The van der Waals surface area contributed by atoms with Crippen molar-refractivity contribution >= 4 is 23.2 Å². The fourth-order valence-electron chi connectivity index (χ4n) is 1.95. The van der Waals surface area contributed by atoms with Crippen molar-refractivity contribution < 1.29 is 4.79 Å². The zero-order valence-corrected chi connectivity index (χ0v) is 14.1. The zero-order valence-electron chi connectivity index (χ0n) is 13.3. The highest BCUT2D eigenvalue weighted by atomic mass is 35.5. The predicted molar refractivity (Wildman–Crippen MR) is 89.7 cm³/mol. The van der Waals surface area contributed by atoms with E-state index in [4.69, 9.17) is 17.3 Å². The largest absolute Gasteiger partial charge is 0.327 e. The second-order valence-electron chi connectivity index (χ2n) is 5.94. The number of anilines is 1. The molecule has 0 radical (unpaired) electrons. The molecule has 1 aromatic rings. The lowest BCUT2D eigenvalue weighted by Crippen LogP contribution is -2.35. The number of rotatable bonds is 7. The van der Waals surface area contributed by atoms with Crippen LogP contribution < -0.4 is 11.1 Å². The maximum Gasteiger partial charge on any atom is 0.238 e. The van der Waals surface area contributed by atoms with E-state index in [1.165, 1.54) is 0 Å². The van der Waals surface area contributed by atoms with Crippen LogP contribution in [0.5, 0.6) is 0 Å². The highest BCUT2D eigenvalue weighted by Crippen LogP contribution is 2.20. The lowest BCUT2D eigenvalue weighted by atomic mass is 10.0. The van der Waals surface area contributed by atoms with Gasteiger partial charge in [0.2, 0.25) is 5.91 Å². The zero-order chi connectivity index (χ0) is 16.0. The van der Waals surface area contributed by atoms with Crippen LogP contribution in [0.3, 0.4) is 0 Å². The molecule has 21 heavy (non-hydrogen) atoms. The summed E-state index contributed by atoms with van der Waals surface area (Å²) >= 11 is 5.94. The molecule has 4 nitrogen and oxygen atoms in total. The van der Waals surface area contributed by atoms with E-state index in [0.717, 1.165) is 24.2 Å². The summed E-state index contributed by atoms with van der Waals surface area (Å²) in [7, 11) is 1.93. The second-order valence-corrected chi connectivity index (χ2v) is 6.38. The van der Waals surface area contributed by atoms with Gasteiger partial charge < -0.3 is 11.1 Å². The number of carbonyl (C=O) groups is 1. The number of amides is 1. The Balaban J connectivity index is 2.44. The third-order valence-corrected chi connectivity index (χ3v) is 3.82. The maximum absolute atomic E-state index is 12.0. The molecule has 0 spiro atoms. The van der Waals surface area contributed by atoms with E-state index in [9.17, 15) is 4.79 Å². The molecular formula is C16H26ClN3O. The number of halogens is 1. The molecule has 0 aromatic heterocycles. The molecule has 1 aromatic carbocycles. The van der Waals surface area contributed by atoms with Gasteiger partial charge in [-0.2, -0.15) is 0 Å². The van der Waals surface area contributed by atoms with Gasteiger partial charge in [-0.15, -0.1) is 0 Å². The van der Waals surface area contributed by atoms with Crippen LogP contribution in [-0.4, -0.2) is 37.0 Å². The highest BCUT2D eigenvalue weighted by molar-refractivity contribution is 6.31. The van der Waals surface area contributed by atoms with Gasteiger partial charge in [-0.3, -0.25) is 9.69 Å². The van der Waals surface area contributed by atoms with Crippen LogP contribution in [0.4, 0.5) is 5.69 Å². The summed E-state index contributed by atoms with van der Waals surface area (Å²) in [6, 6.07) is 5.64. The number of benzene rings is 1. The van der Waals surface area contributed by atoms with Crippen molar-refractivity contribution in [2.75, 3.05) is 25.5 Å². The van der Waals surface area contributed by atoms with Gasteiger partial charge in [0.1, 0.15) is 0 Å². The number of aryl methyl sites for hydroxylation is 1. The minimum absolute atomic E-state index is 0.0408. The molecule has 1 amide bonds. The Bertz CT molecular complexity index is 477. The Morgan fingerprint density at radius 2 is 2.10 bits per heavy atom. The first-order chi connectivity index (χ1) is 9.79. The van der Waals surface area contributed by atoms with Gasteiger partial charge in [0.05, 0.1) is 6.54 Å². The van der Waals surface area contributed by atoms with Gasteiger partial charge >= 0.3 is 0 Å². The smallest absolute Gasteiger partial charge is 0.238 e. The predicted octanol–water partition coefficient (Wildman–Crippen LogP) is 2.89. The van der Waals surface area contributed by atoms with E-state index >= 15 is 0 Å². The molecule has 0 aliphatic rings. The summed E-state index contributed by atoms with van der Waals surface area (Å²) in [5, 5.41) is 3.51. The van der Waals surface area contributed by atoms with Crippen LogP contribution in [0.15, 0.2) is 18.2 Å². The van der Waals surface area contributed by atoms with E-state index in [1.54, 1.807) is 6.07 Å². The number of nitrogens with zero attached hydrogens (tertiary/aromatic N) is 1. The Labute approximate surface area is 132 Å². The minimum atomic E-state index is -0.0408. The Morgan fingerprint density at radius 1 is 1.43 bits per heavy atom. The number of likely N-dealkylation sites (N-methyl/N-ethyl adjacent to an activating group) is 1. The van der Waals surface area contributed by atoms with Gasteiger partial charge in [0, 0.05) is 16.8 Å². The summed E-state index contributed by atoms with van der Waals surface area (Å²) in [6.45, 7) is 7.31. The molecule has 0 saturated carbocycles. The fraction of sp³-hybridized carbons (Fsp3) is 0.562. The number of hydrogen-bond acceptors (Lipinski definition) is 3. The third kappa shape index (κ3) is 6.46. The van der Waals surface area contributed by atoms with Crippen LogP contribution >= 0.6 is 11.6 Å². The topological polar surface area (TPSA) is 58.4 Å². The summed E-state index contributed by atoms with van der Waals surface area (Å²) in [5.41, 5.74) is 7.77. The second kappa shape index (κ2) is 8.37. The molecule has 118 valence electrons. The van der Waals surface area contributed by atoms with Crippen LogP contribution in [0.25, 0.3) is 0 Å². The molecular weight excluding hydrogens is 286 g/mol. The molecule has 0 fully saturated rings. The fourth-order valence-corrected chi connectivity index (χ4v) is 2.12. The molecule has 5 heteroatoms. The van der Waals surface area contributed by atoms with Crippen LogP contribution in [0, 0.1) is 12.8 Å². The molecule has 0 aliphatic carbocycles. The van der Waals surface area contributed by atoms with Crippen LogP contribution in [-0.2, 0) is 4.79 Å². The quantitative estimate of drug-likeness (QED) is 0.814. The Morgan fingerprint density at radius 3 is 2.71 bits per heavy atom. The van der Waals surface area contributed by atoms with Crippen LogP contribution in [0.2, 0.25) is 5.02 Å². The van der Waals surface area contributed by atoms with Crippen molar-refractivity contribution in [1.82, 2.24) is 4.90 Å². The van der Waals surface area contributed by atoms with Gasteiger partial charge in [-0.1, -0.05) is 31.5 Å². The molecule has 3 N–H and O–H groups in total. The third-order valence-electron chi connectivity index (χ3n) is 3.59. The lowest BCUT2D eigenvalue weighted by molar-refractivity contribution is -0.117. The summed E-state index contributed by atoms with van der Waals surface area (Å²) in [5.74, 6) is 0.419. The van der Waals surface area contributed by atoms with Crippen LogP contribution in [0.1, 0.15) is 25.8 Å². The Hall–Kier alpha value is -1.10. The van der Waals surface area contributed by atoms with Gasteiger partial charge in [-0.25, -0.2) is 0 Å². The number of nitrogens with two attached hydrogens (primary N) is 1. The summed E-state index contributed by atoms with van der Waals surface area (Å²) < 4.78 is 0. The van der Waals surface area contributed by atoms with E-state index in [0.29, 0.717) is 17.5 Å². The van der Waals surface area contributed by atoms with E-state index in [-0.39, 0.29) is 11.9 Å². The van der Waals surface area contributed by atoms with Crippen molar-refractivity contribution in [2.45, 2.75) is 33.2 Å². The van der Waals surface area contributed by atoms with Crippen molar-refractivity contribution in [1.29, 1.82) is 0 Å². The molecule has 0 saturated heterocycles. The number of hydrogen-bond donors (Lipinski definition) is 2. The molecule has 0 aliphatic heterocycles. The maximum atomic E-state index is 12.0. The van der Waals surface area contributed by atoms with E-state index in [2.05, 4.69) is 19.2 Å². The van der Waals surface area contributed by atoms with Crippen molar-refractivity contribution in [3.8, 4) is 0 Å². The van der Waals surface area contributed by atoms with Gasteiger partial charge in [0.25, 0.3) is 0 Å². The summed E-state index contributed by atoms with van der Waals surface area (Å²) in [4.78, 5) is 14.0. The van der Waals surface area contributed by atoms with E-state index in [1.807, 2.05) is 31.0 Å². The lowest BCUT2D eigenvalue weighted by Gasteiger charge is -2.21. The number of carbonyl (C=O) groups excluding carboxylic acids is 1. The van der Waals surface area contributed by atoms with Crippen molar-refractivity contribution in [2.24, 2.45) is 11.7 Å². The first-order valence-corrected chi connectivity index (χ1v) is 7.67. The SMILES string of the molecule is Cc1ccc(Cl)cc1NC(=O)CN(C)CCC(N)C(C)C.